The minimum atomic E-state index is 1.15. The van der Waals surface area contributed by atoms with E-state index >= 15 is 0 Å². The molecule has 1 aromatic heterocycles. The lowest BCUT2D eigenvalue weighted by molar-refractivity contribution is 1.18. The lowest BCUT2D eigenvalue weighted by Crippen LogP contribution is -1.96. The zero-order valence-corrected chi connectivity index (χ0v) is 24.6. The van der Waals surface area contributed by atoms with E-state index in [9.17, 15) is 0 Å². The van der Waals surface area contributed by atoms with Crippen LogP contribution < -0.4 is 0 Å². The number of hydrogen-bond acceptors (Lipinski definition) is 0. The van der Waals surface area contributed by atoms with Gasteiger partial charge in [0.25, 0.3) is 0 Å². The number of rotatable bonds is 5. The largest absolute Gasteiger partial charge is 0.309 e. The van der Waals surface area contributed by atoms with E-state index in [0.29, 0.717) is 0 Å². The summed E-state index contributed by atoms with van der Waals surface area (Å²) in [6, 6.07) is 61.7. The van der Waals surface area contributed by atoms with Gasteiger partial charge in [-0.15, -0.1) is 0 Å². The molecule has 0 aliphatic rings. The van der Waals surface area contributed by atoms with Gasteiger partial charge in [0, 0.05) is 16.5 Å². The average molecular weight is 562 g/mol. The number of benzene rings is 7. The van der Waals surface area contributed by atoms with E-state index in [1.165, 1.54) is 71.9 Å². The molecule has 0 bridgehead atoms. The van der Waals surface area contributed by atoms with E-state index in [-0.39, 0.29) is 0 Å². The first kappa shape index (κ1) is 26.0. The van der Waals surface area contributed by atoms with E-state index in [4.69, 9.17) is 0 Å². The highest BCUT2D eigenvalue weighted by Gasteiger charge is 2.15. The predicted molar refractivity (Wildman–Crippen MR) is 187 cm³/mol. The van der Waals surface area contributed by atoms with Crippen molar-refractivity contribution in [3.8, 4) is 50.2 Å². The molecule has 7 aromatic carbocycles. The molecule has 208 valence electrons. The highest BCUT2D eigenvalue weighted by atomic mass is 15.0. The predicted octanol–water partition coefficient (Wildman–Crippen LogP) is 11.8. The van der Waals surface area contributed by atoms with Crippen molar-refractivity contribution >= 4 is 21.8 Å². The molecule has 0 radical (unpaired) electrons. The van der Waals surface area contributed by atoms with Crippen LogP contribution in [-0.2, 0) is 0 Å². The Balaban J connectivity index is 1.36. The van der Waals surface area contributed by atoms with Crippen molar-refractivity contribution in [2.45, 2.75) is 6.92 Å². The summed E-state index contributed by atoms with van der Waals surface area (Å²) < 4.78 is 2.44. The molecule has 0 aliphatic heterocycles. The first-order valence-corrected chi connectivity index (χ1v) is 15.2. The molecule has 0 N–H and O–H groups in total. The maximum Gasteiger partial charge on any atom is 0.0547 e. The number of para-hydroxylation sites is 1. The van der Waals surface area contributed by atoms with E-state index in [0.717, 1.165) is 5.69 Å². The Morgan fingerprint density at radius 1 is 0.318 bits per heavy atom. The standard InChI is InChI=1S/C43H31N/c1-30-12-10-17-33(24-30)34-18-11-19-35(25-34)36-22-23-41-40-20-8-9-21-42(40)44(43(41)29-36)39-27-37(31-13-4-2-5-14-31)26-38(28-39)32-15-6-3-7-16-32/h2-29H,1H3. The molecular formula is C43H31N. The molecular weight excluding hydrogens is 530 g/mol. The fourth-order valence-electron chi connectivity index (χ4n) is 6.47. The van der Waals surface area contributed by atoms with E-state index in [1.54, 1.807) is 0 Å². The Morgan fingerprint density at radius 3 is 1.48 bits per heavy atom. The van der Waals surface area contributed by atoms with Gasteiger partial charge < -0.3 is 4.57 Å². The SMILES string of the molecule is Cc1cccc(-c2cccc(-c3ccc4c5ccccc5n(-c5cc(-c6ccccc6)cc(-c6ccccc6)c5)c4c3)c2)c1. The Labute approximate surface area is 258 Å². The molecule has 0 fully saturated rings. The fourth-order valence-corrected chi connectivity index (χ4v) is 6.47. The van der Waals surface area contributed by atoms with Crippen LogP contribution >= 0.6 is 0 Å². The summed E-state index contributed by atoms with van der Waals surface area (Å²) in [5.74, 6) is 0. The molecule has 0 saturated carbocycles. The molecule has 0 aliphatic carbocycles. The van der Waals surface area contributed by atoms with Crippen molar-refractivity contribution in [2.24, 2.45) is 0 Å². The fraction of sp³-hybridized carbons (Fsp3) is 0.0233. The Bertz CT molecular complexity index is 2220. The highest BCUT2D eigenvalue weighted by molar-refractivity contribution is 6.10. The molecule has 0 saturated heterocycles. The van der Waals surface area contributed by atoms with E-state index in [2.05, 4.69) is 181 Å². The van der Waals surface area contributed by atoms with Crippen LogP contribution in [0.25, 0.3) is 72.0 Å². The van der Waals surface area contributed by atoms with Crippen LogP contribution in [0.2, 0.25) is 0 Å². The summed E-state index contributed by atoms with van der Waals surface area (Å²) in [6.07, 6.45) is 0. The van der Waals surface area contributed by atoms with Crippen LogP contribution in [0.1, 0.15) is 5.56 Å². The lowest BCUT2D eigenvalue weighted by atomic mass is 9.97. The third kappa shape index (κ3) is 4.69. The Kier molecular flexibility index (Phi) is 6.43. The van der Waals surface area contributed by atoms with Gasteiger partial charge in [-0.2, -0.15) is 0 Å². The lowest BCUT2D eigenvalue weighted by Gasteiger charge is -2.14. The van der Waals surface area contributed by atoms with Crippen molar-refractivity contribution < 1.29 is 0 Å². The summed E-state index contributed by atoms with van der Waals surface area (Å²) in [5.41, 5.74) is 14.6. The average Bonchev–Trinajstić information content (AvgIpc) is 3.43. The molecule has 1 heteroatoms. The minimum absolute atomic E-state index is 1.15. The number of hydrogen-bond donors (Lipinski definition) is 0. The van der Waals surface area contributed by atoms with Crippen LogP contribution in [0.4, 0.5) is 0 Å². The van der Waals surface area contributed by atoms with Gasteiger partial charge >= 0.3 is 0 Å². The monoisotopic (exact) mass is 561 g/mol. The molecule has 0 amide bonds. The van der Waals surface area contributed by atoms with E-state index in [1.807, 2.05) is 0 Å². The molecule has 1 heterocycles. The third-order valence-electron chi connectivity index (χ3n) is 8.61. The van der Waals surface area contributed by atoms with Crippen molar-refractivity contribution in [3.05, 3.63) is 175 Å². The Hall–Kier alpha value is -5.66. The van der Waals surface area contributed by atoms with Gasteiger partial charge in [-0.1, -0.05) is 139 Å². The zero-order valence-electron chi connectivity index (χ0n) is 24.6. The van der Waals surface area contributed by atoms with Crippen LogP contribution in [0.3, 0.4) is 0 Å². The second kappa shape index (κ2) is 10.9. The summed E-state index contributed by atoms with van der Waals surface area (Å²) >= 11 is 0. The normalized spacial score (nSPS) is 11.3. The second-order valence-corrected chi connectivity index (χ2v) is 11.5. The van der Waals surface area contributed by atoms with E-state index < -0.39 is 0 Å². The maximum atomic E-state index is 2.44. The summed E-state index contributed by atoms with van der Waals surface area (Å²) in [4.78, 5) is 0. The second-order valence-electron chi connectivity index (χ2n) is 11.5. The molecule has 8 aromatic rings. The number of fused-ring (bicyclic) bond motifs is 3. The molecule has 8 rings (SSSR count). The van der Waals surface area contributed by atoms with Crippen LogP contribution in [-0.4, -0.2) is 4.57 Å². The smallest absolute Gasteiger partial charge is 0.0547 e. The van der Waals surface area contributed by atoms with Gasteiger partial charge in [0.2, 0.25) is 0 Å². The molecule has 1 nitrogen and oxygen atoms in total. The van der Waals surface area contributed by atoms with Gasteiger partial charge in [-0.25, -0.2) is 0 Å². The maximum absolute atomic E-state index is 2.44. The van der Waals surface area contributed by atoms with Gasteiger partial charge in [0.05, 0.1) is 11.0 Å². The van der Waals surface area contributed by atoms with Gasteiger partial charge in [0.15, 0.2) is 0 Å². The van der Waals surface area contributed by atoms with Crippen LogP contribution in [0.15, 0.2) is 170 Å². The zero-order chi connectivity index (χ0) is 29.5. The van der Waals surface area contributed by atoms with Crippen molar-refractivity contribution in [1.29, 1.82) is 0 Å². The third-order valence-corrected chi connectivity index (χ3v) is 8.61. The van der Waals surface area contributed by atoms with Gasteiger partial charge in [0.1, 0.15) is 0 Å². The summed E-state index contributed by atoms with van der Waals surface area (Å²) in [6.45, 7) is 2.15. The molecule has 0 atom stereocenters. The summed E-state index contributed by atoms with van der Waals surface area (Å²) in [7, 11) is 0. The Morgan fingerprint density at radius 2 is 0.818 bits per heavy atom. The van der Waals surface area contributed by atoms with Crippen molar-refractivity contribution in [2.75, 3.05) is 0 Å². The number of nitrogens with zero attached hydrogens (tertiary/aromatic N) is 1. The highest BCUT2D eigenvalue weighted by Crippen LogP contribution is 2.38. The molecule has 0 spiro atoms. The quantitative estimate of drug-likeness (QED) is 0.197. The summed E-state index contributed by atoms with van der Waals surface area (Å²) in [5, 5.41) is 2.51. The van der Waals surface area contributed by atoms with Crippen molar-refractivity contribution in [1.82, 2.24) is 4.57 Å². The van der Waals surface area contributed by atoms with Gasteiger partial charge in [-0.3, -0.25) is 0 Å². The van der Waals surface area contributed by atoms with Gasteiger partial charge in [-0.05, 0) is 87.8 Å². The first-order valence-electron chi connectivity index (χ1n) is 15.2. The number of aromatic nitrogens is 1. The van der Waals surface area contributed by atoms with Crippen LogP contribution in [0, 0.1) is 6.92 Å². The van der Waals surface area contributed by atoms with Crippen molar-refractivity contribution in [3.63, 3.8) is 0 Å². The van der Waals surface area contributed by atoms with Crippen LogP contribution in [0.5, 0.6) is 0 Å². The topological polar surface area (TPSA) is 4.93 Å². The molecule has 0 unspecified atom stereocenters. The molecule has 44 heavy (non-hydrogen) atoms. The number of aryl methyl sites for hydroxylation is 1. The first-order chi connectivity index (χ1) is 21.7. The minimum Gasteiger partial charge on any atom is -0.309 e.